The van der Waals surface area contributed by atoms with Gasteiger partial charge in [0.2, 0.25) is 11.8 Å². The molecular weight excluding hydrogens is 837 g/mol. The minimum atomic E-state index is -0.811. The topological polar surface area (TPSA) is 192 Å². The van der Waals surface area contributed by atoms with Gasteiger partial charge in [-0.1, -0.05) is 109 Å². The van der Waals surface area contributed by atoms with Gasteiger partial charge < -0.3 is 40.5 Å². The van der Waals surface area contributed by atoms with Crippen molar-refractivity contribution in [3.63, 3.8) is 0 Å². The maximum Gasteiger partial charge on any atom is 0.306 e. The van der Waals surface area contributed by atoms with Gasteiger partial charge >= 0.3 is 11.9 Å². The Bertz CT molecular complexity index is 1720. The van der Waals surface area contributed by atoms with E-state index in [1.165, 1.54) is 0 Å². The molecule has 10 unspecified atom stereocenters. The number of hydrogen-bond acceptors (Lipinski definition) is 10. The van der Waals surface area contributed by atoms with Gasteiger partial charge in [0, 0.05) is 62.4 Å². The first kappa shape index (κ1) is 53.7. The molecule has 12 nitrogen and oxygen atoms in total. The summed E-state index contributed by atoms with van der Waals surface area (Å²) in [6, 6.07) is 19.8. The number of benzene rings is 2. The van der Waals surface area contributed by atoms with E-state index in [0.717, 1.165) is 11.1 Å². The van der Waals surface area contributed by atoms with E-state index in [4.69, 9.17) is 9.47 Å². The number of nitrogens with one attached hydrogen (secondary N) is 2. The Labute approximate surface area is 392 Å². The molecule has 2 aliphatic rings. The highest BCUT2D eigenvalue weighted by molar-refractivity contribution is 5.78. The monoisotopic (exact) mass is 913 g/mol. The van der Waals surface area contributed by atoms with Crippen LogP contribution in [0.2, 0.25) is 0 Å². The van der Waals surface area contributed by atoms with Crippen LogP contribution in [-0.4, -0.2) is 93.9 Å². The summed E-state index contributed by atoms with van der Waals surface area (Å²) < 4.78 is 11.9. The number of rotatable bonds is 29. The molecule has 66 heavy (non-hydrogen) atoms. The summed E-state index contributed by atoms with van der Waals surface area (Å²) in [5.41, 5.74) is 2.24. The summed E-state index contributed by atoms with van der Waals surface area (Å²) in [5, 5.41) is 49.7. The molecule has 12 heteroatoms. The summed E-state index contributed by atoms with van der Waals surface area (Å²) >= 11 is 0. The standard InChI is InChI=1S/C54H76N2O10/c1-3-55-51(61)25-17-7-5-15-23-45-43(33-31-41(57)29-27-39-19-11-9-12-20-39)47(59)37-49(45)65-53(63)35-36-54(64)66-50-38-48(60)44(34-32-42(58)30-28-40-21-13-10-14-22-40)46(50)24-16-6-8-18-26-52(62)56-4-2/h5-6,9-16,19-22,31-34,41-50,57-60H,3-4,7-8,17-18,23-30,35-38H2,1-2H3,(H,55,61)(H,56,62). The highest BCUT2D eigenvalue weighted by Crippen LogP contribution is 2.40. The summed E-state index contributed by atoms with van der Waals surface area (Å²) in [6.45, 7) is 4.94. The highest BCUT2D eigenvalue weighted by Gasteiger charge is 2.44. The first-order valence-corrected chi connectivity index (χ1v) is 24.4. The number of esters is 2. The number of aryl methyl sites for hydroxylation is 2. The minimum absolute atomic E-state index is 0.00912. The molecule has 4 rings (SSSR count). The van der Waals surface area contributed by atoms with Crippen molar-refractivity contribution in [2.75, 3.05) is 13.1 Å². The number of unbranched alkanes of at least 4 members (excludes halogenated alkanes) is 2. The van der Waals surface area contributed by atoms with Gasteiger partial charge in [-0.05, 0) is 89.2 Å². The van der Waals surface area contributed by atoms with E-state index in [-0.39, 0.29) is 61.2 Å². The Balaban J connectivity index is 1.35. The number of allylic oxidation sites excluding steroid dienone is 4. The molecule has 0 bridgehead atoms. The van der Waals surface area contributed by atoms with Crippen LogP contribution in [0.3, 0.4) is 0 Å². The molecule has 2 aromatic rings. The van der Waals surface area contributed by atoms with Crippen LogP contribution < -0.4 is 10.6 Å². The van der Waals surface area contributed by atoms with Gasteiger partial charge in [0.1, 0.15) is 12.2 Å². The lowest BCUT2D eigenvalue weighted by molar-refractivity contribution is -0.158. The van der Waals surface area contributed by atoms with Gasteiger partial charge in [0.05, 0.1) is 37.3 Å². The summed E-state index contributed by atoms with van der Waals surface area (Å²) in [7, 11) is 0. The van der Waals surface area contributed by atoms with Crippen molar-refractivity contribution < 1.29 is 49.1 Å². The number of aliphatic hydroxyl groups is 4. The third kappa shape index (κ3) is 19.9. The molecule has 2 amide bonds. The zero-order valence-electron chi connectivity index (χ0n) is 39.1. The summed E-state index contributed by atoms with van der Waals surface area (Å²) in [5.74, 6) is -2.48. The van der Waals surface area contributed by atoms with Crippen LogP contribution in [0.4, 0.5) is 0 Å². The molecule has 0 heterocycles. The van der Waals surface area contributed by atoms with Crippen molar-refractivity contribution in [1.29, 1.82) is 0 Å². The third-order valence-corrected chi connectivity index (χ3v) is 12.6. The lowest BCUT2D eigenvalue weighted by Crippen LogP contribution is -2.27. The van der Waals surface area contributed by atoms with E-state index < -0.39 is 48.6 Å². The van der Waals surface area contributed by atoms with E-state index in [1.807, 2.05) is 111 Å². The molecule has 2 aliphatic carbocycles. The zero-order valence-corrected chi connectivity index (χ0v) is 39.1. The fourth-order valence-corrected chi connectivity index (χ4v) is 9.00. The second-order valence-corrected chi connectivity index (χ2v) is 17.7. The fourth-order valence-electron chi connectivity index (χ4n) is 9.00. The largest absolute Gasteiger partial charge is 0.462 e. The molecule has 10 atom stereocenters. The smallest absolute Gasteiger partial charge is 0.306 e. The predicted octanol–water partition coefficient (Wildman–Crippen LogP) is 7.19. The molecular formula is C54H76N2O10. The van der Waals surface area contributed by atoms with Crippen LogP contribution in [0, 0.1) is 23.7 Å². The Morgan fingerprint density at radius 3 is 1.38 bits per heavy atom. The quantitative estimate of drug-likeness (QED) is 0.0277. The van der Waals surface area contributed by atoms with Crippen molar-refractivity contribution in [2.45, 2.75) is 153 Å². The summed E-state index contributed by atoms with van der Waals surface area (Å²) in [4.78, 5) is 50.5. The third-order valence-electron chi connectivity index (χ3n) is 12.6. The predicted molar refractivity (Wildman–Crippen MR) is 257 cm³/mol. The van der Waals surface area contributed by atoms with E-state index in [0.29, 0.717) is 90.1 Å². The highest BCUT2D eigenvalue weighted by atomic mass is 16.6. The zero-order chi connectivity index (χ0) is 47.5. The van der Waals surface area contributed by atoms with Crippen LogP contribution >= 0.6 is 0 Å². The van der Waals surface area contributed by atoms with Crippen molar-refractivity contribution in [1.82, 2.24) is 10.6 Å². The van der Waals surface area contributed by atoms with Crippen molar-refractivity contribution in [3.8, 4) is 0 Å². The Hall–Kier alpha value is -4.88. The Kier molecular flexibility index (Phi) is 24.8. The molecule has 362 valence electrons. The molecule has 2 aromatic carbocycles. The van der Waals surface area contributed by atoms with E-state index >= 15 is 0 Å². The lowest BCUT2D eigenvalue weighted by Gasteiger charge is -2.23. The lowest BCUT2D eigenvalue weighted by atomic mass is 9.89. The maximum absolute atomic E-state index is 13.4. The molecule has 6 N–H and O–H groups in total. The van der Waals surface area contributed by atoms with Gasteiger partial charge in [0.25, 0.3) is 0 Å². The molecule has 0 saturated heterocycles. The van der Waals surface area contributed by atoms with Gasteiger partial charge in [0.15, 0.2) is 0 Å². The molecule has 0 radical (unpaired) electrons. The number of amides is 2. The normalized spacial score (nSPS) is 24.0. The number of hydrogen-bond donors (Lipinski definition) is 6. The van der Waals surface area contributed by atoms with Gasteiger partial charge in [-0.25, -0.2) is 0 Å². The fraction of sp³-hybridized carbons (Fsp3) is 0.556. The first-order valence-electron chi connectivity index (χ1n) is 24.4. The molecule has 0 aliphatic heterocycles. The summed E-state index contributed by atoms with van der Waals surface area (Å²) in [6.07, 6.45) is 17.8. The second-order valence-electron chi connectivity index (χ2n) is 17.7. The number of ether oxygens (including phenoxy) is 2. The molecule has 2 saturated carbocycles. The van der Waals surface area contributed by atoms with Crippen molar-refractivity contribution in [3.05, 3.63) is 120 Å². The van der Waals surface area contributed by atoms with Crippen molar-refractivity contribution >= 4 is 23.8 Å². The van der Waals surface area contributed by atoms with Gasteiger partial charge in [-0.3, -0.25) is 19.2 Å². The number of carbonyl (C=O) groups is 4. The number of aliphatic hydroxyl groups excluding tert-OH is 4. The first-order chi connectivity index (χ1) is 32.0. The Morgan fingerprint density at radius 2 is 1.00 bits per heavy atom. The average Bonchev–Trinajstić information content (AvgIpc) is 3.76. The maximum atomic E-state index is 13.4. The Morgan fingerprint density at radius 1 is 0.606 bits per heavy atom. The van der Waals surface area contributed by atoms with Crippen LogP contribution in [-0.2, 0) is 41.5 Å². The van der Waals surface area contributed by atoms with Crippen LogP contribution in [0.1, 0.15) is 115 Å². The average molecular weight is 913 g/mol. The van der Waals surface area contributed by atoms with E-state index in [2.05, 4.69) is 10.6 Å². The van der Waals surface area contributed by atoms with E-state index in [1.54, 1.807) is 12.2 Å². The second kappa shape index (κ2) is 30.4. The van der Waals surface area contributed by atoms with Crippen molar-refractivity contribution in [2.24, 2.45) is 23.7 Å². The van der Waals surface area contributed by atoms with Gasteiger partial charge in [-0.2, -0.15) is 0 Å². The number of carbonyl (C=O) groups excluding carboxylic acids is 4. The van der Waals surface area contributed by atoms with Crippen LogP contribution in [0.25, 0.3) is 0 Å². The minimum Gasteiger partial charge on any atom is -0.462 e. The molecule has 0 spiro atoms. The molecule has 2 fully saturated rings. The van der Waals surface area contributed by atoms with E-state index in [9.17, 15) is 39.6 Å². The van der Waals surface area contributed by atoms with Crippen LogP contribution in [0.5, 0.6) is 0 Å². The molecule has 0 aromatic heterocycles. The van der Waals surface area contributed by atoms with Crippen LogP contribution in [0.15, 0.2) is 109 Å². The van der Waals surface area contributed by atoms with Gasteiger partial charge in [-0.15, -0.1) is 0 Å². The SMILES string of the molecule is CCNC(=O)CCCC=CCC1C(OC(=O)CCC(=O)OC2CC(O)C(C=CC(O)CCc3ccccc3)C2CC=CCCCC(=O)NCC)CC(O)C1C=CC(O)CCc1ccccc1.